The molecule has 1 aromatic heterocycles. The van der Waals surface area contributed by atoms with E-state index in [2.05, 4.69) is 10.3 Å². The van der Waals surface area contributed by atoms with Gasteiger partial charge in [-0.1, -0.05) is 0 Å². The Hall–Kier alpha value is -1.53. The van der Waals surface area contributed by atoms with Crippen molar-refractivity contribution in [2.45, 2.75) is 33.4 Å². The van der Waals surface area contributed by atoms with E-state index in [-0.39, 0.29) is 6.04 Å². The van der Waals surface area contributed by atoms with Gasteiger partial charge in [-0.2, -0.15) is 0 Å². The smallest absolute Gasteiger partial charge is 0.187 e. The third-order valence-electron chi connectivity index (χ3n) is 3.02. The molecule has 3 nitrogen and oxygen atoms in total. The highest BCUT2D eigenvalue weighted by atomic mass is 32.1. The number of thiazole rings is 1. The summed E-state index contributed by atoms with van der Waals surface area (Å²) in [7, 11) is 0. The summed E-state index contributed by atoms with van der Waals surface area (Å²) in [4.78, 5) is 5.47. The first-order valence-electron chi connectivity index (χ1n) is 6.22. The zero-order valence-corrected chi connectivity index (χ0v) is 12.3. The molecule has 2 rings (SSSR count). The largest absolute Gasteiger partial charge is 0.503 e. The first kappa shape index (κ1) is 14.9. The van der Waals surface area contributed by atoms with Gasteiger partial charge in [-0.25, -0.2) is 13.8 Å². The molecule has 0 amide bonds. The number of rotatable bonds is 4. The molecule has 0 spiro atoms. The lowest BCUT2D eigenvalue weighted by atomic mass is 10.1. The molecule has 0 aliphatic carbocycles. The van der Waals surface area contributed by atoms with Crippen LogP contribution in [-0.4, -0.2) is 10.1 Å². The highest BCUT2D eigenvalue weighted by Gasteiger charge is 2.14. The Kier molecular flexibility index (Phi) is 4.35. The van der Waals surface area contributed by atoms with Gasteiger partial charge in [0.05, 0.1) is 10.7 Å². The second-order valence-corrected chi connectivity index (χ2v) is 5.93. The maximum atomic E-state index is 13.2. The van der Waals surface area contributed by atoms with E-state index < -0.39 is 17.4 Å². The number of hydrogen-bond donors (Lipinski definition) is 2. The highest BCUT2D eigenvalue weighted by molar-refractivity contribution is 7.11. The number of benzene rings is 1. The quantitative estimate of drug-likeness (QED) is 0.906. The minimum Gasteiger partial charge on any atom is -0.503 e. The molecule has 1 heterocycles. The van der Waals surface area contributed by atoms with Crippen LogP contribution in [-0.2, 0) is 6.54 Å². The van der Waals surface area contributed by atoms with Crippen molar-refractivity contribution in [2.75, 3.05) is 0 Å². The van der Waals surface area contributed by atoms with E-state index in [0.29, 0.717) is 12.1 Å². The molecular formula is C14H16F2N2OS. The molecule has 6 heteroatoms. The summed E-state index contributed by atoms with van der Waals surface area (Å²) in [6.45, 7) is 6.17. The van der Waals surface area contributed by atoms with Crippen LogP contribution in [0.3, 0.4) is 0 Å². The van der Waals surface area contributed by atoms with Gasteiger partial charge in [0.25, 0.3) is 0 Å². The number of phenols is 1. The van der Waals surface area contributed by atoms with Gasteiger partial charge in [0, 0.05) is 17.5 Å². The molecule has 108 valence electrons. The number of nitrogens with zero attached hydrogens (tertiary/aromatic N) is 1. The Morgan fingerprint density at radius 3 is 2.40 bits per heavy atom. The molecule has 2 aromatic rings. The van der Waals surface area contributed by atoms with Crippen LogP contribution in [0.4, 0.5) is 8.78 Å². The first-order valence-corrected chi connectivity index (χ1v) is 7.04. The Balaban J connectivity index is 2.07. The Morgan fingerprint density at radius 1 is 1.30 bits per heavy atom. The van der Waals surface area contributed by atoms with Crippen molar-refractivity contribution >= 4 is 11.3 Å². The van der Waals surface area contributed by atoms with Gasteiger partial charge in [0.15, 0.2) is 17.4 Å². The van der Waals surface area contributed by atoms with Gasteiger partial charge in [0.1, 0.15) is 0 Å². The summed E-state index contributed by atoms with van der Waals surface area (Å²) in [5.41, 5.74) is 1.42. The average Bonchev–Trinajstić information content (AvgIpc) is 2.72. The summed E-state index contributed by atoms with van der Waals surface area (Å²) in [5.74, 6) is -2.82. The zero-order chi connectivity index (χ0) is 14.9. The van der Waals surface area contributed by atoms with Gasteiger partial charge in [0.2, 0.25) is 0 Å². The van der Waals surface area contributed by atoms with Crippen molar-refractivity contribution in [2.24, 2.45) is 0 Å². The minimum atomic E-state index is -0.945. The maximum absolute atomic E-state index is 13.2. The predicted octanol–water partition coefficient (Wildman–Crippen LogP) is 3.59. The first-order chi connectivity index (χ1) is 9.38. The van der Waals surface area contributed by atoms with Crippen LogP contribution in [0.15, 0.2) is 12.1 Å². The molecule has 1 unspecified atom stereocenters. The second-order valence-electron chi connectivity index (χ2n) is 4.69. The molecule has 0 fully saturated rings. The van der Waals surface area contributed by atoms with E-state index in [1.54, 1.807) is 11.3 Å². The van der Waals surface area contributed by atoms with Crippen molar-refractivity contribution in [1.29, 1.82) is 0 Å². The Bertz CT molecular complexity index is 605. The van der Waals surface area contributed by atoms with Crippen LogP contribution in [0.5, 0.6) is 5.75 Å². The third-order valence-corrected chi connectivity index (χ3v) is 4.28. The molecule has 0 saturated heterocycles. The van der Waals surface area contributed by atoms with Gasteiger partial charge in [-0.15, -0.1) is 11.3 Å². The molecule has 0 aliphatic heterocycles. The standard InChI is InChI=1S/C14H16F2N2OS/c1-7(14-8(2)18-9(3)20-14)17-6-10-4-11(15)13(19)12(16)5-10/h4-5,7,17,19H,6H2,1-3H3. The number of aromatic hydroxyl groups is 1. The van der Waals surface area contributed by atoms with Crippen LogP contribution >= 0.6 is 11.3 Å². The monoisotopic (exact) mass is 298 g/mol. The van der Waals surface area contributed by atoms with E-state index in [1.807, 2.05) is 20.8 Å². The molecule has 0 saturated carbocycles. The van der Waals surface area contributed by atoms with E-state index in [9.17, 15) is 8.78 Å². The van der Waals surface area contributed by atoms with Crippen molar-refractivity contribution in [1.82, 2.24) is 10.3 Å². The minimum absolute atomic E-state index is 0.0427. The molecule has 0 radical (unpaired) electrons. The van der Waals surface area contributed by atoms with Crippen molar-refractivity contribution in [3.63, 3.8) is 0 Å². The second kappa shape index (κ2) is 5.85. The van der Waals surface area contributed by atoms with Gasteiger partial charge < -0.3 is 10.4 Å². The summed E-state index contributed by atoms with van der Waals surface area (Å²) >= 11 is 1.60. The molecular weight excluding hydrogens is 282 g/mol. The van der Waals surface area contributed by atoms with Crippen LogP contribution in [0, 0.1) is 25.5 Å². The number of nitrogens with one attached hydrogen (secondary N) is 1. The molecule has 2 N–H and O–H groups in total. The van der Waals surface area contributed by atoms with E-state index >= 15 is 0 Å². The molecule has 0 aliphatic rings. The zero-order valence-electron chi connectivity index (χ0n) is 11.5. The van der Waals surface area contributed by atoms with E-state index in [0.717, 1.165) is 27.7 Å². The lowest BCUT2D eigenvalue weighted by Crippen LogP contribution is -2.18. The van der Waals surface area contributed by atoms with Crippen LogP contribution in [0.25, 0.3) is 0 Å². The Morgan fingerprint density at radius 2 is 1.90 bits per heavy atom. The molecule has 0 bridgehead atoms. The predicted molar refractivity (Wildman–Crippen MR) is 74.9 cm³/mol. The fourth-order valence-electron chi connectivity index (χ4n) is 2.03. The molecule has 1 atom stereocenters. The third kappa shape index (κ3) is 3.13. The number of phenolic OH excluding ortho intramolecular Hbond substituents is 1. The van der Waals surface area contributed by atoms with Gasteiger partial charge in [-0.3, -0.25) is 0 Å². The van der Waals surface area contributed by atoms with E-state index in [4.69, 9.17) is 5.11 Å². The summed E-state index contributed by atoms with van der Waals surface area (Å²) in [5, 5.41) is 13.2. The van der Waals surface area contributed by atoms with Crippen molar-refractivity contribution in [3.8, 4) is 5.75 Å². The molecule has 1 aromatic carbocycles. The van der Waals surface area contributed by atoms with Crippen LogP contribution in [0.2, 0.25) is 0 Å². The number of hydrogen-bond acceptors (Lipinski definition) is 4. The fraction of sp³-hybridized carbons (Fsp3) is 0.357. The van der Waals surface area contributed by atoms with Gasteiger partial charge in [-0.05, 0) is 38.5 Å². The summed E-state index contributed by atoms with van der Waals surface area (Å²) in [6, 6.07) is 2.30. The van der Waals surface area contributed by atoms with Crippen LogP contribution in [0.1, 0.15) is 34.1 Å². The number of aromatic nitrogens is 1. The number of halogens is 2. The summed E-state index contributed by atoms with van der Waals surface area (Å²) < 4.78 is 26.5. The Labute approximate surface area is 120 Å². The highest BCUT2D eigenvalue weighted by Crippen LogP contribution is 2.25. The topological polar surface area (TPSA) is 45.2 Å². The van der Waals surface area contributed by atoms with Crippen molar-refractivity contribution in [3.05, 3.63) is 44.9 Å². The van der Waals surface area contributed by atoms with E-state index in [1.165, 1.54) is 0 Å². The lowest BCUT2D eigenvalue weighted by Gasteiger charge is -2.13. The fourth-order valence-corrected chi connectivity index (χ4v) is 2.99. The molecule has 20 heavy (non-hydrogen) atoms. The maximum Gasteiger partial charge on any atom is 0.187 e. The number of aryl methyl sites for hydroxylation is 2. The SMILES string of the molecule is Cc1nc(C)c(C(C)NCc2cc(F)c(O)c(F)c2)s1. The summed E-state index contributed by atoms with van der Waals surface area (Å²) in [6.07, 6.45) is 0. The lowest BCUT2D eigenvalue weighted by molar-refractivity contribution is 0.394. The normalized spacial score (nSPS) is 12.7. The average molecular weight is 298 g/mol. The van der Waals surface area contributed by atoms with Crippen molar-refractivity contribution < 1.29 is 13.9 Å². The van der Waals surface area contributed by atoms with Crippen LogP contribution < -0.4 is 5.32 Å². The van der Waals surface area contributed by atoms with Gasteiger partial charge >= 0.3 is 0 Å².